The predicted octanol–water partition coefficient (Wildman–Crippen LogP) is 5.88. The Bertz CT molecular complexity index is 698. The molecule has 1 amide bonds. The average Bonchev–Trinajstić information content (AvgIpc) is 2.68. The lowest BCUT2D eigenvalue weighted by atomic mass is 9.84. The largest absolute Gasteiger partial charge is 0.484 e. The van der Waals surface area contributed by atoms with E-state index in [4.69, 9.17) is 4.74 Å². The average molecular weight is 351 g/mol. The molecule has 2 aromatic rings. The summed E-state index contributed by atoms with van der Waals surface area (Å²) in [7, 11) is 0. The van der Waals surface area contributed by atoms with Crippen molar-refractivity contribution in [2.24, 2.45) is 0 Å². The van der Waals surface area contributed by atoms with Crippen LogP contribution in [0.2, 0.25) is 0 Å². The van der Waals surface area contributed by atoms with Gasteiger partial charge in [-0.2, -0.15) is 0 Å². The van der Waals surface area contributed by atoms with Crippen LogP contribution in [0.5, 0.6) is 5.75 Å². The molecule has 0 bridgehead atoms. The summed E-state index contributed by atoms with van der Waals surface area (Å²) in [5.74, 6) is 1.78. The van der Waals surface area contributed by atoms with E-state index in [-0.39, 0.29) is 12.5 Å². The van der Waals surface area contributed by atoms with Crippen LogP contribution < -0.4 is 10.1 Å². The Morgan fingerprint density at radius 3 is 2.27 bits per heavy atom. The Morgan fingerprint density at radius 2 is 1.65 bits per heavy atom. The molecule has 1 fully saturated rings. The molecule has 2 aromatic carbocycles. The Hall–Kier alpha value is -2.29. The standard InChI is InChI=1S/C23H29NO2/c1-17(2)18-8-12-21(13-9-18)24-23(25)16-26-22-14-10-20(11-15-22)19-6-4-3-5-7-19/h8-15,17,19H,3-7,16H2,1-2H3,(H,24,25). The lowest BCUT2D eigenvalue weighted by Crippen LogP contribution is -2.20. The lowest BCUT2D eigenvalue weighted by Gasteiger charge is -2.22. The monoisotopic (exact) mass is 351 g/mol. The first-order chi connectivity index (χ1) is 12.6. The first kappa shape index (κ1) is 18.5. The van der Waals surface area contributed by atoms with Crippen molar-refractivity contribution in [3.05, 3.63) is 59.7 Å². The quantitative estimate of drug-likeness (QED) is 0.706. The molecule has 0 atom stereocenters. The van der Waals surface area contributed by atoms with Crippen LogP contribution in [-0.4, -0.2) is 12.5 Å². The van der Waals surface area contributed by atoms with Crippen molar-refractivity contribution in [3.8, 4) is 5.75 Å². The molecular weight excluding hydrogens is 322 g/mol. The van der Waals surface area contributed by atoms with Gasteiger partial charge in [-0.05, 0) is 60.1 Å². The topological polar surface area (TPSA) is 38.3 Å². The van der Waals surface area contributed by atoms with E-state index in [1.165, 1.54) is 43.2 Å². The summed E-state index contributed by atoms with van der Waals surface area (Å²) in [5.41, 5.74) is 3.46. The molecule has 1 N–H and O–H groups in total. The number of hydrogen-bond acceptors (Lipinski definition) is 2. The van der Waals surface area contributed by atoms with Gasteiger partial charge in [0.25, 0.3) is 5.91 Å². The van der Waals surface area contributed by atoms with Gasteiger partial charge in [0.05, 0.1) is 0 Å². The smallest absolute Gasteiger partial charge is 0.262 e. The van der Waals surface area contributed by atoms with Gasteiger partial charge in [-0.25, -0.2) is 0 Å². The zero-order chi connectivity index (χ0) is 18.4. The van der Waals surface area contributed by atoms with Gasteiger partial charge in [-0.3, -0.25) is 4.79 Å². The van der Waals surface area contributed by atoms with Gasteiger partial charge in [0.1, 0.15) is 5.75 Å². The van der Waals surface area contributed by atoms with Gasteiger partial charge in [0, 0.05) is 5.69 Å². The SMILES string of the molecule is CC(C)c1ccc(NC(=O)COc2ccc(C3CCCCC3)cc2)cc1. The molecule has 1 aliphatic carbocycles. The molecule has 0 spiro atoms. The Kier molecular flexibility index (Phi) is 6.32. The summed E-state index contributed by atoms with van der Waals surface area (Å²) in [5, 5.41) is 2.88. The third kappa shape index (κ3) is 5.10. The summed E-state index contributed by atoms with van der Waals surface area (Å²) in [6, 6.07) is 16.2. The van der Waals surface area contributed by atoms with Crippen molar-refractivity contribution in [1.82, 2.24) is 0 Å². The molecule has 1 saturated carbocycles. The van der Waals surface area contributed by atoms with Gasteiger partial charge in [-0.1, -0.05) is 57.4 Å². The summed E-state index contributed by atoms with van der Waals surface area (Å²) in [4.78, 5) is 12.1. The van der Waals surface area contributed by atoms with Gasteiger partial charge >= 0.3 is 0 Å². The Morgan fingerprint density at radius 1 is 1.00 bits per heavy atom. The molecule has 3 rings (SSSR count). The normalized spacial score (nSPS) is 15.0. The van der Waals surface area contributed by atoms with Crippen LogP contribution in [0, 0.1) is 0 Å². The minimum absolute atomic E-state index is 0.0225. The Labute approximate surface area is 156 Å². The molecular formula is C23H29NO2. The van der Waals surface area contributed by atoms with Gasteiger partial charge < -0.3 is 10.1 Å². The molecule has 0 heterocycles. The maximum absolute atomic E-state index is 12.1. The number of amides is 1. The highest BCUT2D eigenvalue weighted by molar-refractivity contribution is 5.91. The maximum atomic E-state index is 12.1. The fourth-order valence-corrected chi connectivity index (χ4v) is 3.57. The maximum Gasteiger partial charge on any atom is 0.262 e. The van der Waals surface area contributed by atoms with Gasteiger partial charge in [0.15, 0.2) is 6.61 Å². The van der Waals surface area contributed by atoms with E-state index in [0.29, 0.717) is 11.8 Å². The third-order valence-corrected chi connectivity index (χ3v) is 5.19. The number of carbonyl (C=O) groups is 1. The van der Waals surface area contributed by atoms with E-state index in [2.05, 4.69) is 31.3 Å². The number of carbonyl (C=O) groups excluding carboxylic acids is 1. The second-order valence-electron chi connectivity index (χ2n) is 7.52. The van der Waals surface area contributed by atoms with Crippen molar-refractivity contribution in [1.29, 1.82) is 0 Å². The van der Waals surface area contributed by atoms with E-state index in [1.807, 2.05) is 36.4 Å². The fraction of sp³-hybridized carbons (Fsp3) is 0.435. The number of nitrogens with one attached hydrogen (secondary N) is 1. The molecule has 0 unspecified atom stereocenters. The van der Waals surface area contributed by atoms with Crippen LogP contribution in [0.4, 0.5) is 5.69 Å². The van der Waals surface area contributed by atoms with Crippen molar-refractivity contribution >= 4 is 11.6 Å². The summed E-state index contributed by atoms with van der Waals surface area (Å²) >= 11 is 0. The molecule has 1 aliphatic rings. The molecule has 0 aliphatic heterocycles. The first-order valence-electron chi connectivity index (χ1n) is 9.74. The van der Waals surface area contributed by atoms with Gasteiger partial charge in [0.2, 0.25) is 0 Å². The summed E-state index contributed by atoms with van der Waals surface area (Å²) in [6.45, 7) is 4.33. The minimum atomic E-state index is -0.140. The summed E-state index contributed by atoms with van der Waals surface area (Å²) < 4.78 is 5.63. The number of benzene rings is 2. The lowest BCUT2D eigenvalue weighted by molar-refractivity contribution is -0.118. The molecule has 0 radical (unpaired) electrons. The number of hydrogen-bond donors (Lipinski definition) is 1. The van der Waals surface area contributed by atoms with Crippen molar-refractivity contribution in [2.75, 3.05) is 11.9 Å². The van der Waals surface area contributed by atoms with Crippen LogP contribution in [0.15, 0.2) is 48.5 Å². The second-order valence-corrected chi connectivity index (χ2v) is 7.52. The fourth-order valence-electron chi connectivity index (χ4n) is 3.57. The molecule has 3 nitrogen and oxygen atoms in total. The summed E-state index contributed by atoms with van der Waals surface area (Å²) in [6.07, 6.45) is 6.62. The molecule has 26 heavy (non-hydrogen) atoms. The van der Waals surface area contributed by atoms with Crippen LogP contribution in [0.25, 0.3) is 0 Å². The van der Waals surface area contributed by atoms with Crippen LogP contribution in [0.1, 0.15) is 68.9 Å². The first-order valence-corrected chi connectivity index (χ1v) is 9.74. The van der Waals surface area contributed by atoms with Crippen molar-refractivity contribution in [3.63, 3.8) is 0 Å². The van der Waals surface area contributed by atoms with E-state index < -0.39 is 0 Å². The van der Waals surface area contributed by atoms with E-state index >= 15 is 0 Å². The third-order valence-electron chi connectivity index (χ3n) is 5.19. The van der Waals surface area contributed by atoms with Crippen molar-refractivity contribution < 1.29 is 9.53 Å². The zero-order valence-electron chi connectivity index (χ0n) is 15.8. The highest BCUT2D eigenvalue weighted by atomic mass is 16.5. The highest BCUT2D eigenvalue weighted by Crippen LogP contribution is 2.33. The van der Waals surface area contributed by atoms with Crippen LogP contribution in [-0.2, 0) is 4.79 Å². The highest BCUT2D eigenvalue weighted by Gasteiger charge is 2.15. The van der Waals surface area contributed by atoms with Crippen LogP contribution >= 0.6 is 0 Å². The Balaban J connectivity index is 1.48. The predicted molar refractivity (Wildman–Crippen MR) is 107 cm³/mol. The van der Waals surface area contributed by atoms with E-state index in [1.54, 1.807) is 0 Å². The molecule has 3 heteroatoms. The molecule has 0 saturated heterocycles. The van der Waals surface area contributed by atoms with E-state index in [0.717, 1.165) is 11.4 Å². The minimum Gasteiger partial charge on any atom is -0.484 e. The number of anilines is 1. The number of ether oxygens (including phenoxy) is 1. The van der Waals surface area contributed by atoms with Gasteiger partial charge in [-0.15, -0.1) is 0 Å². The zero-order valence-corrected chi connectivity index (χ0v) is 15.8. The molecule has 138 valence electrons. The van der Waals surface area contributed by atoms with Crippen LogP contribution in [0.3, 0.4) is 0 Å². The van der Waals surface area contributed by atoms with Crippen molar-refractivity contribution in [2.45, 2.75) is 57.8 Å². The van der Waals surface area contributed by atoms with E-state index in [9.17, 15) is 4.79 Å². The molecule has 0 aromatic heterocycles. The second kappa shape index (κ2) is 8.88. The number of rotatable bonds is 6.